The third-order valence-corrected chi connectivity index (χ3v) is 4.89. The SMILES string of the molecule is Cn1cnc2ccc(C(=O)N[C@@H](c3ccc(C(F)(F)F)cc3)c3ncccc3F)cc21. The van der Waals surface area contributed by atoms with Gasteiger partial charge in [-0.05, 0) is 48.0 Å². The van der Waals surface area contributed by atoms with Gasteiger partial charge in [0, 0.05) is 18.8 Å². The number of imidazole rings is 1. The first-order chi connectivity index (χ1) is 14.7. The van der Waals surface area contributed by atoms with E-state index in [0.29, 0.717) is 11.1 Å². The Labute approximate surface area is 174 Å². The minimum atomic E-state index is -4.51. The Hall–Kier alpha value is -3.75. The molecule has 1 N–H and O–H groups in total. The summed E-state index contributed by atoms with van der Waals surface area (Å²) in [5.41, 5.74) is 1.04. The summed E-state index contributed by atoms with van der Waals surface area (Å²) in [4.78, 5) is 21.1. The number of halogens is 4. The van der Waals surface area contributed by atoms with E-state index in [1.807, 2.05) is 0 Å². The van der Waals surface area contributed by atoms with Crippen LogP contribution in [0.15, 0.2) is 67.1 Å². The number of nitrogens with one attached hydrogen (secondary N) is 1. The minimum Gasteiger partial charge on any atom is -0.339 e. The van der Waals surface area contributed by atoms with Crippen LogP contribution in [0.25, 0.3) is 11.0 Å². The lowest BCUT2D eigenvalue weighted by Crippen LogP contribution is -2.30. The maximum Gasteiger partial charge on any atom is 0.416 e. The maximum absolute atomic E-state index is 14.5. The molecule has 0 aliphatic rings. The number of amides is 1. The van der Waals surface area contributed by atoms with E-state index in [9.17, 15) is 22.4 Å². The van der Waals surface area contributed by atoms with E-state index in [-0.39, 0.29) is 11.3 Å². The molecule has 1 atom stereocenters. The Kier molecular flexibility index (Phi) is 5.18. The lowest BCUT2D eigenvalue weighted by atomic mass is 10.00. The van der Waals surface area contributed by atoms with Gasteiger partial charge in [-0.1, -0.05) is 12.1 Å². The van der Waals surface area contributed by atoms with Gasteiger partial charge < -0.3 is 9.88 Å². The molecule has 2 aromatic carbocycles. The van der Waals surface area contributed by atoms with Crippen molar-refractivity contribution in [3.8, 4) is 0 Å². The summed E-state index contributed by atoms with van der Waals surface area (Å²) in [5.74, 6) is -1.21. The van der Waals surface area contributed by atoms with E-state index in [4.69, 9.17) is 0 Å². The molecular weight excluding hydrogens is 412 g/mol. The lowest BCUT2D eigenvalue weighted by Gasteiger charge is -2.20. The van der Waals surface area contributed by atoms with Gasteiger partial charge in [-0.25, -0.2) is 9.37 Å². The van der Waals surface area contributed by atoms with E-state index in [0.717, 1.165) is 17.6 Å². The van der Waals surface area contributed by atoms with Crippen molar-refractivity contribution in [1.29, 1.82) is 0 Å². The number of aryl methyl sites for hydroxylation is 1. The summed E-state index contributed by atoms with van der Waals surface area (Å²) < 4.78 is 55.0. The summed E-state index contributed by atoms with van der Waals surface area (Å²) in [7, 11) is 1.78. The molecule has 4 aromatic rings. The molecule has 5 nitrogen and oxygen atoms in total. The van der Waals surface area contributed by atoms with Crippen LogP contribution in [0, 0.1) is 5.82 Å². The molecule has 158 valence electrons. The maximum atomic E-state index is 14.5. The molecule has 1 amide bonds. The summed E-state index contributed by atoms with van der Waals surface area (Å²) in [6, 6.07) is 10.5. The Morgan fingerprint density at radius 3 is 2.48 bits per heavy atom. The van der Waals surface area contributed by atoms with Gasteiger partial charge in [-0.3, -0.25) is 9.78 Å². The van der Waals surface area contributed by atoms with E-state index in [1.54, 1.807) is 36.1 Å². The van der Waals surface area contributed by atoms with Crippen molar-refractivity contribution in [1.82, 2.24) is 19.9 Å². The zero-order valence-electron chi connectivity index (χ0n) is 16.2. The molecule has 0 aliphatic heterocycles. The molecule has 0 spiro atoms. The lowest BCUT2D eigenvalue weighted by molar-refractivity contribution is -0.137. The van der Waals surface area contributed by atoms with Crippen LogP contribution < -0.4 is 5.32 Å². The third-order valence-electron chi connectivity index (χ3n) is 4.89. The zero-order chi connectivity index (χ0) is 22.2. The van der Waals surface area contributed by atoms with Gasteiger partial charge in [0.15, 0.2) is 0 Å². The van der Waals surface area contributed by atoms with E-state index < -0.39 is 29.5 Å². The number of carbonyl (C=O) groups is 1. The fourth-order valence-corrected chi connectivity index (χ4v) is 3.27. The van der Waals surface area contributed by atoms with Crippen LogP contribution in [-0.2, 0) is 13.2 Å². The highest BCUT2D eigenvalue weighted by atomic mass is 19.4. The van der Waals surface area contributed by atoms with E-state index >= 15 is 0 Å². The minimum absolute atomic E-state index is 0.0998. The van der Waals surface area contributed by atoms with Crippen LogP contribution in [0.4, 0.5) is 17.6 Å². The molecule has 0 bridgehead atoms. The number of aromatic nitrogens is 3. The first-order valence-corrected chi connectivity index (χ1v) is 9.23. The van der Waals surface area contributed by atoms with Crippen molar-refractivity contribution in [3.05, 3.63) is 95.3 Å². The van der Waals surface area contributed by atoms with Crippen molar-refractivity contribution < 1.29 is 22.4 Å². The highest BCUT2D eigenvalue weighted by Gasteiger charge is 2.31. The predicted octanol–water partition coefficient (Wildman–Crippen LogP) is 4.65. The van der Waals surface area contributed by atoms with Crippen LogP contribution >= 0.6 is 0 Å². The molecule has 0 unspecified atom stereocenters. The molecule has 0 aliphatic carbocycles. The van der Waals surface area contributed by atoms with Gasteiger partial charge in [0.25, 0.3) is 5.91 Å². The standard InChI is InChI=1S/C22H16F4N4O/c1-30-12-28-17-9-6-14(11-18(17)30)21(31)29-19(20-16(23)3-2-10-27-20)13-4-7-15(8-5-13)22(24,25)26/h2-12,19H,1H3,(H,29,31)/t19-/m0/s1. The number of carbonyl (C=O) groups excluding carboxylic acids is 1. The average molecular weight is 428 g/mol. The van der Waals surface area contributed by atoms with Crippen LogP contribution in [0.2, 0.25) is 0 Å². The normalized spacial score (nSPS) is 12.7. The Bertz CT molecular complexity index is 1250. The van der Waals surface area contributed by atoms with Crippen LogP contribution in [-0.4, -0.2) is 20.4 Å². The molecular formula is C22H16F4N4O. The van der Waals surface area contributed by atoms with Crippen molar-refractivity contribution >= 4 is 16.9 Å². The highest BCUT2D eigenvalue weighted by molar-refractivity contribution is 5.97. The molecule has 9 heteroatoms. The second-order valence-electron chi connectivity index (χ2n) is 6.96. The fraction of sp³-hybridized carbons (Fsp3) is 0.136. The molecule has 2 aromatic heterocycles. The van der Waals surface area contributed by atoms with E-state index in [1.165, 1.54) is 30.5 Å². The second kappa shape index (κ2) is 7.82. The number of benzene rings is 2. The molecule has 0 saturated carbocycles. The number of pyridine rings is 1. The average Bonchev–Trinajstić information content (AvgIpc) is 3.12. The summed E-state index contributed by atoms with van der Waals surface area (Å²) in [6.45, 7) is 0. The van der Waals surface area contributed by atoms with Gasteiger partial charge in [-0.2, -0.15) is 13.2 Å². The Morgan fingerprint density at radius 1 is 1.06 bits per heavy atom. The molecule has 2 heterocycles. The molecule has 4 rings (SSSR count). The summed E-state index contributed by atoms with van der Waals surface area (Å²) in [5, 5.41) is 2.69. The van der Waals surface area contributed by atoms with Gasteiger partial charge in [0.2, 0.25) is 0 Å². The number of nitrogens with zero attached hydrogens (tertiary/aromatic N) is 3. The summed E-state index contributed by atoms with van der Waals surface area (Å²) in [6.07, 6.45) is -1.55. The Morgan fingerprint density at radius 2 is 1.81 bits per heavy atom. The number of hydrogen-bond acceptors (Lipinski definition) is 3. The van der Waals surface area contributed by atoms with Gasteiger partial charge in [0.05, 0.1) is 29.0 Å². The Balaban J connectivity index is 1.71. The van der Waals surface area contributed by atoms with Crippen molar-refractivity contribution in [2.75, 3.05) is 0 Å². The number of alkyl halides is 3. The van der Waals surface area contributed by atoms with Crippen molar-refractivity contribution in [3.63, 3.8) is 0 Å². The van der Waals surface area contributed by atoms with Gasteiger partial charge in [-0.15, -0.1) is 0 Å². The van der Waals surface area contributed by atoms with Gasteiger partial charge in [0.1, 0.15) is 11.5 Å². The molecule has 0 radical (unpaired) electrons. The van der Waals surface area contributed by atoms with Crippen molar-refractivity contribution in [2.24, 2.45) is 7.05 Å². The fourth-order valence-electron chi connectivity index (χ4n) is 3.27. The second-order valence-corrected chi connectivity index (χ2v) is 6.96. The van der Waals surface area contributed by atoms with Crippen molar-refractivity contribution in [2.45, 2.75) is 12.2 Å². The first kappa shape index (κ1) is 20.5. The smallest absolute Gasteiger partial charge is 0.339 e. The first-order valence-electron chi connectivity index (χ1n) is 9.23. The summed E-state index contributed by atoms with van der Waals surface area (Å²) >= 11 is 0. The molecule has 0 saturated heterocycles. The van der Waals surface area contributed by atoms with E-state index in [2.05, 4.69) is 15.3 Å². The quantitative estimate of drug-likeness (QED) is 0.482. The molecule has 0 fully saturated rings. The molecule has 31 heavy (non-hydrogen) atoms. The predicted molar refractivity (Wildman–Crippen MR) is 106 cm³/mol. The monoisotopic (exact) mass is 428 g/mol. The van der Waals surface area contributed by atoms with Crippen LogP contribution in [0.3, 0.4) is 0 Å². The van der Waals surface area contributed by atoms with Crippen LogP contribution in [0.1, 0.15) is 33.2 Å². The third kappa shape index (κ3) is 4.11. The topological polar surface area (TPSA) is 59.8 Å². The van der Waals surface area contributed by atoms with Gasteiger partial charge >= 0.3 is 6.18 Å². The number of rotatable bonds is 4. The largest absolute Gasteiger partial charge is 0.416 e. The number of fused-ring (bicyclic) bond motifs is 1. The number of hydrogen-bond donors (Lipinski definition) is 1. The van der Waals surface area contributed by atoms with Crippen LogP contribution in [0.5, 0.6) is 0 Å². The zero-order valence-corrected chi connectivity index (χ0v) is 16.2. The highest BCUT2D eigenvalue weighted by Crippen LogP contribution is 2.31.